The van der Waals surface area contributed by atoms with E-state index in [2.05, 4.69) is 0 Å². The molecule has 0 N–H and O–H groups in total. The fraction of sp³-hybridized carbons (Fsp3) is 0.364. The van der Waals surface area contributed by atoms with Gasteiger partial charge in [-0.3, -0.25) is 14.4 Å². The van der Waals surface area contributed by atoms with Gasteiger partial charge in [-0.05, 0) is 11.4 Å². The summed E-state index contributed by atoms with van der Waals surface area (Å²) >= 11 is 1.34. The van der Waals surface area contributed by atoms with E-state index in [0.29, 0.717) is 4.88 Å². The number of nitrogens with zero attached hydrogens (tertiary/aromatic N) is 2. The molecule has 0 spiro atoms. The van der Waals surface area contributed by atoms with Gasteiger partial charge in [0.05, 0.1) is 18.0 Å². The zero-order valence-electron chi connectivity index (χ0n) is 9.38. The first-order valence-electron chi connectivity index (χ1n) is 5.16. The summed E-state index contributed by atoms with van der Waals surface area (Å²) in [5.41, 5.74) is 0. The molecule has 2 amide bonds. The van der Waals surface area contributed by atoms with Crippen LogP contribution < -0.4 is 0 Å². The van der Waals surface area contributed by atoms with Gasteiger partial charge in [0.15, 0.2) is 5.78 Å². The first kappa shape index (κ1) is 11.8. The minimum Gasteiger partial charge on any atom is -0.335 e. The van der Waals surface area contributed by atoms with Crippen molar-refractivity contribution in [1.29, 1.82) is 0 Å². The van der Waals surface area contributed by atoms with Gasteiger partial charge in [-0.1, -0.05) is 6.07 Å². The molecule has 17 heavy (non-hydrogen) atoms. The Hall–Kier alpha value is -1.69. The highest BCUT2D eigenvalue weighted by Crippen LogP contribution is 2.11. The van der Waals surface area contributed by atoms with Crippen LogP contribution in [0, 0.1) is 0 Å². The molecule has 0 unspecified atom stereocenters. The first-order valence-corrected chi connectivity index (χ1v) is 6.04. The number of hydrogen-bond acceptors (Lipinski definition) is 4. The Balaban J connectivity index is 2.02. The SMILES string of the molecule is CN1CC(=O)N(CC(=O)c2cccs2)CC1=O. The molecule has 0 saturated carbocycles. The van der Waals surface area contributed by atoms with Gasteiger partial charge in [-0.25, -0.2) is 0 Å². The van der Waals surface area contributed by atoms with Crippen molar-refractivity contribution in [3.05, 3.63) is 22.4 Å². The molecule has 0 aromatic carbocycles. The van der Waals surface area contributed by atoms with Gasteiger partial charge in [0.25, 0.3) is 0 Å². The Kier molecular flexibility index (Phi) is 3.23. The molecule has 0 aliphatic carbocycles. The minimum absolute atomic E-state index is 0.00749. The molecule has 1 saturated heterocycles. The predicted molar refractivity (Wildman–Crippen MR) is 62.9 cm³/mol. The van der Waals surface area contributed by atoms with Crippen LogP contribution in [0.5, 0.6) is 0 Å². The van der Waals surface area contributed by atoms with E-state index in [-0.39, 0.29) is 37.2 Å². The van der Waals surface area contributed by atoms with Crippen molar-refractivity contribution in [3.8, 4) is 0 Å². The highest BCUT2D eigenvalue weighted by Gasteiger charge is 2.28. The Labute approximate surface area is 103 Å². The van der Waals surface area contributed by atoms with Crippen molar-refractivity contribution in [3.63, 3.8) is 0 Å². The van der Waals surface area contributed by atoms with E-state index in [1.807, 2.05) is 5.38 Å². The summed E-state index contributed by atoms with van der Waals surface area (Å²) in [5, 5.41) is 1.81. The van der Waals surface area contributed by atoms with Gasteiger partial charge in [-0.2, -0.15) is 0 Å². The maximum Gasteiger partial charge on any atom is 0.243 e. The summed E-state index contributed by atoms with van der Waals surface area (Å²) in [6.45, 7) is 0.0297. The van der Waals surface area contributed by atoms with Crippen LogP contribution in [-0.2, 0) is 9.59 Å². The number of piperazine rings is 1. The fourth-order valence-corrected chi connectivity index (χ4v) is 2.25. The summed E-state index contributed by atoms with van der Waals surface area (Å²) in [7, 11) is 1.58. The number of rotatable bonds is 3. The summed E-state index contributed by atoms with van der Waals surface area (Å²) in [4.78, 5) is 38.2. The molecule has 1 aromatic heterocycles. The number of Topliss-reactive ketones (excluding diaryl/α,β-unsaturated/α-hetero) is 1. The molecular formula is C11H12N2O3S. The molecule has 0 bridgehead atoms. The van der Waals surface area contributed by atoms with Crippen molar-refractivity contribution in [2.75, 3.05) is 26.7 Å². The highest BCUT2D eigenvalue weighted by atomic mass is 32.1. The van der Waals surface area contributed by atoms with Crippen LogP contribution in [0.3, 0.4) is 0 Å². The monoisotopic (exact) mass is 252 g/mol. The van der Waals surface area contributed by atoms with Crippen molar-refractivity contribution < 1.29 is 14.4 Å². The third-order valence-electron chi connectivity index (χ3n) is 2.61. The molecule has 1 aromatic rings. The molecular weight excluding hydrogens is 240 g/mol. The number of hydrogen-bond donors (Lipinski definition) is 0. The molecule has 2 heterocycles. The molecule has 1 aliphatic heterocycles. The zero-order valence-corrected chi connectivity index (χ0v) is 10.2. The normalized spacial score (nSPS) is 16.5. The number of ketones is 1. The number of likely N-dealkylation sites (N-methyl/N-ethyl adjacent to an activating group) is 1. The maximum atomic E-state index is 11.8. The largest absolute Gasteiger partial charge is 0.335 e. The second-order valence-electron chi connectivity index (χ2n) is 3.90. The number of amides is 2. The fourth-order valence-electron chi connectivity index (χ4n) is 1.60. The predicted octanol–water partition coefficient (Wildman–Crippen LogP) is 0.231. The molecule has 5 nitrogen and oxygen atoms in total. The van der Waals surface area contributed by atoms with Gasteiger partial charge in [-0.15, -0.1) is 11.3 Å². The molecule has 90 valence electrons. The van der Waals surface area contributed by atoms with Gasteiger partial charge in [0, 0.05) is 7.05 Å². The van der Waals surface area contributed by atoms with E-state index in [4.69, 9.17) is 0 Å². The molecule has 0 atom stereocenters. The van der Waals surface area contributed by atoms with Gasteiger partial charge in [0.1, 0.15) is 6.54 Å². The molecule has 0 radical (unpaired) electrons. The summed E-state index contributed by atoms with van der Waals surface area (Å²) in [6, 6.07) is 3.50. The Morgan fingerprint density at radius 1 is 1.35 bits per heavy atom. The highest BCUT2D eigenvalue weighted by molar-refractivity contribution is 7.12. The minimum atomic E-state index is -0.183. The lowest BCUT2D eigenvalue weighted by Gasteiger charge is -2.30. The topological polar surface area (TPSA) is 57.7 Å². The standard InChI is InChI=1S/C11H12N2O3S/c1-12-6-11(16)13(7-10(12)15)5-8(14)9-3-2-4-17-9/h2-4H,5-7H2,1H3. The Bertz CT molecular complexity index is 455. The van der Waals surface area contributed by atoms with Crippen molar-refractivity contribution in [2.45, 2.75) is 0 Å². The lowest BCUT2D eigenvalue weighted by Crippen LogP contribution is -2.53. The van der Waals surface area contributed by atoms with Crippen LogP contribution in [0.1, 0.15) is 9.67 Å². The average molecular weight is 252 g/mol. The summed E-state index contributed by atoms with van der Waals surface area (Å²) in [6.07, 6.45) is 0. The van der Waals surface area contributed by atoms with E-state index in [1.165, 1.54) is 21.1 Å². The Morgan fingerprint density at radius 3 is 2.76 bits per heavy atom. The number of carbonyl (C=O) groups excluding carboxylic acids is 3. The summed E-state index contributed by atoms with van der Waals surface area (Å²) in [5.74, 6) is -0.439. The smallest absolute Gasteiger partial charge is 0.243 e. The molecule has 1 fully saturated rings. The van der Waals surface area contributed by atoms with Crippen LogP contribution in [0.15, 0.2) is 17.5 Å². The van der Waals surface area contributed by atoms with E-state index >= 15 is 0 Å². The third-order valence-corrected chi connectivity index (χ3v) is 3.52. The van der Waals surface area contributed by atoms with E-state index in [9.17, 15) is 14.4 Å². The van der Waals surface area contributed by atoms with Gasteiger partial charge in [0.2, 0.25) is 11.8 Å². The molecule has 1 aliphatic rings. The lowest BCUT2D eigenvalue weighted by atomic mass is 10.2. The van der Waals surface area contributed by atoms with Crippen LogP contribution in [0.2, 0.25) is 0 Å². The quantitative estimate of drug-likeness (QED) is 0.724. The van der Waals surface area contributed by atoms with Crippen LogP contribution in [0.25, 0.3) is 0 Å². The van der Waals surface area contributed by atoms with Crippen molar-refractivity contribution in [2.24, 2.45) is 0 Å². The van der Waals surface area contributed by atoms with E-state index in [0.717, 1.165) is 0 Å². The van der Waals surface area contributed by atoms with Gasteiger partial charge >= 0.3 is 0 Å². The number of thiophene rings is 1. The van der Waals surface area contributed by atoms with Crippen LogP contribution in [0.4, 0.5) is 0 Å². The van der Waals surface area contributed by atoms with Crippen molar-refractivity contribution >= 4 is 28.9 Å². The molecule has 6 heteroatoms. The average Bonchev–Trinajstić information content (AvgIpc) is 2.79. The van der Waals surface area contributed by atoms with Crippen molar-refractivity contribution in [1.82, 2.24) is 9.80 Å². The second-order valence-corrected chi connectivity index (χ2v) is 4.85. The maximum absolute atomic E-state index is 11.8. The summed E-state index contributed by atoms with van der Waals surface area (Å²) < 4.78 is 0. The Morgan fingerprint density at radius 2 is 2.12 bits per heavy atom. The molecule has 2 rings (SSSR count). The van der Waals surface area contributed by atoms with Crippen LogP contribution in [-0.4, -0.2) is 54.1 Å². The van der Waals surface area contributed by atoms with Crippen LogP contribution >= 0.6 is 11.3 Å². The third kappa shape index (κ3) is 2.52. The lowest BCUT2D eigenvalue weighted by molar-refractivity contribution is -0.148. The number of carbonyl (C=O) groups is 3. The van der Waals surface area contributed by atoms with E-state index < -0.39 is 0 Å². The first-order chi connectivity index (χ1) is 8.08. The second kappa shape index (κ2) is 4.67. The van der Waals surface area contributed by atoms with Gasteiger partial charge < -0.3 is 9.80 Å². The zero-order chi connectivity index (χ0) is 12.4. The van der Waals surface area contributed by atoms with E-state index in [1.54, 1.807) is 19.2 Å².